The lowest BCUT2D eigenvalue weighted by atomic mass is 10.1. The van der Waals surface area contributed by atoms with Crippen LogP contribution in [0.4, 0.5) is 6.01 Å². The standard InChI is InChI=1S/C9H13N3O/c1-9(4-5-9)7-11-8(13-12-7)10-6-2-3-6/h6H,2-5H2,1H3,(H,10,11,12). The maximum absolute atomic E-state index is 5.11. The molecule has 13 heavy (non-hydrogen) atoms. The SMILES string of the molecule is CC1(c2noc(NC3CC3)n2)CC1. The van der Waals surface area contributed by atoms with Crippen LogP contribution < -0.4 is 5.32 Å². The highest BCUT2D eigenvalue weighted by Crippen LogP contribution is 2.46. The third-order valence-corrected chi connectivity index (χ3v) is 2.87. The summed E-state index contributed by atoms with van der Waals surface area (Å²) in [6, 6.07) is 1.19. The molecule has 70 valence electrons. The molecule has 0 aliphatic heterocycles. The van der Waals surface area contributed by atoms with Crippen molar-refractivity contribution in [2.45, 2.75) is 44.1 Å². The Kier molecular flexibility index (Phi) is 1.27. The maximum atomic E-state index is 5.11. The molecule has 2 aliphatic rings. The van der Waals surface area contributed by atoms with Crippen LogP contribution in [0.15, 0.2) is 4.52 Å². The fourth-order valence-corrected chi connectivity index (χ4v) is 1.34. The summed E-state index contributed by atoms with van der Waals surface area (Å²) in [5.41, 5.74) is 0.215. The molecule has 0 amide bonds. The Morgan fingerprint density at radius 1 is 1.46 bits per heavy atom. The van der Waals surface area contributed by atoms with Gasteiger partial charge in [-0.05, 0) is 25.7 Å². The minimum atomic E-state index is 0.215. The Balaban J connectivity index is 1.76. The minimum absolute atomic E-state index is 0.215. The van der Waals surface area contributed by atoms with Crippen molar-refractivity contribution < 1.29 is 4.52 Å². The molecular weight excluding hydrogens is 166 g/mol. The van der Waals surface area contributed by atoms with Crippen molar-refractivity contribution in [3.05, 3.63) is 5.82 Å². The van der Waals surface area contributed by atoms with E-state index in [1.54, 1.807) is 0 Å². The Morgan fingerprint density at radius 3 is 2.85 bits per heavy atom. The molecule has 0 bridgehead atoms. The van der Waals surface area contributed by atoms with Crippen LogP contribution in [0.3, 0.4) is 0 Å². The molecular formula is C9H13N3O. The number of anilines is 1. The van der Waals surface area contributed by atoms with E-state index in [2.05, 4.69) is 22.4 Å². The van der Waals surface area contributed by atoms with E-state index in [1.807, 2.05) is 0 Å². The second-order valence-electron chi connectivity index (χ2n) is 4.40. The predicted octanol–water partition coefficient (Wildman–Crippen LogP) is 1.70. The van der Waals surface area contributed by atoms with Gasteiger partial charge in [0.2, 0.25) is 0 Å². The number of hydrogen-bond donors (Lipinski definition) is 1. The van der Waals surface area contributed by atoms with E-state index in [9.17, 15) is 0 Å². The van der Waals surface area contributed by atoms with Crippen LogP contribution in [-0.2, 0) is 5.41 Å². The summed E-state index contributed by atoms with van der Waals surface area (Å²) in [5.74, 6) is 0.871. The normalized spacial score (nSPS) is 24.4. The number of nitrogens with zero attached hydrogens (tertiary/aromatic N) is 2. The summed E-state index contributed by atoms with van der Waals surface area (Å²) in [6.07, 6.45) is 4.84. The van der Waals surface area contributed by atoms with Crippen molar-refractivity contribution in [3.63, 3.8) is 0 Å². The quantitative estimate of drug-likeness (QED) is 0.767. The Labute approximate surface area is 76.7 Å². The van der Waals surface area contributed by atoms with Crippen molar-refractivity contribution in [3.8, 4) is 0 Å². The molecule has 4 nitrogen and oxygen atoms in total. The van der Waals surface area contributed by atoms with Crippen molar-refractivity contribution in [1.29, 1.82) is 0 Å². The molecule has 0 atom stereocenters. The van der Waals surface area contributed by atoms with Gasteiger partial charge in [0, 0.05) is 11.5 Å². The zero-order chi connectivity index (χ0) is 8.89. The van der Waals surface area contributed by atoms with Crippen LogP contribution in [0.1, 0.15) is 38.4 Å². The van der Waals surface area contributed by atoms with E-state index in [0.29, 0.717) is 12.1 Å². The molecule has 0 radical (unpaired) electrons. The first-order chi connectivity index (χ1) is 6.26. The van der Waals surface area contributed by atoms with Crippen LogP contribution in [0.25, 0.3) is 0 Å². The van der Waals surface area contributed by atoms with Crippen molar-refractivity contribution in [2.24, 2.45) is 0 Å². The van der Waals surface area contributed by atoms with Gasteiger partial charge >= 0.3 is 6.01 Å². The maximum Gasteiger partial charge on any atom is 0.321 e. The van der Waals surface area contributed by atoms with E-state index < -0.39 is 0 Å². The Hall–Kier alpha value is -1.06. The van der Waals surface area contributed by atoms with Crippen molar-refractivity contribution in [2.75, 3.05) is 5.32 Å². The second-order valence-corrected chi connectivity index (χ2v) is 4.40. The molecule has 0 aromatic carbocycles. The molecule has 2 aliphatic carbocycles. The fourth-order valence-electron chi connectivity index (χ4n) is 1.34. The monoisotopic (exact) mass is 179 g/mol. The highest BCUT2D eigenvalue weighted by Gasteiger charge is 2.43. The van der Waals surface area contributed by atoms with Gasteiger partial charge in [-0.2, -0.15) is 4.98 Å². The number of hydrogen-bond acceptors (Lipinski definition) is 4. The van der Waals surface area contributed by atoms with Gasteiger partial charge in [0.1, 0.15) is 0 Å². The zero-order valence-electron chi connectivity index (χ0n) is 7.71. The summed E-state index contributed by atoms with van der Waals surface area (Å²) in [4.78, 5) is 4.34. The summed E-state index contributed by atoms with van der Waals surface area (Å²) >= 11 is 0. The average Bonchev–Trinajstić information content (AvgIpc) is 2.97. The van der Waals surface area contributed by atoms with Gasteiger partial charge in [0.05, 0.1) is 0 Å². The van der Waals surface area contributed by atoms with Crippen molar-refractivity contribution in [1.82, 2.24) is 10.1 Å². The highest BCUT2D eigenvalue weighted by atomic mass is 16.5. The zero-order valence-corrected chi connectivity index (χ0v) is 7.71. The topological polar surface area (TPSA) is 51.0 Å². The number of aromatic nitrogens is 2. The molecule has 1 heterocycles. The predicted molar refractivity (Wildman–Crippen MR) is 47.5 cm³/mol. The second kappa shape index (κ2) is 2.25. The van der Waals surface area contributed by atoms with Crippen LogP contribution in [0.2, 0.25) is 0 Å². The Bertz CT molecular complexity index is 325. The van der Waals surface area contributed by atoms with Crippen LogP contribution in [-0.4, -0.2) is 16.2 Å². The van der Waals surface area contributed by atoms with Gasteiger partial charge in [0.25, 0.3) is 0 Å². The van der Waals surface area contributed by atoms with Gasteiger partial charge in [-0.15, -0.1) is 0 Å². The molecule has 0 saturated heterocycles. The molecule has 1 N–H and O–H groups in total. The van der Waals surface area contributed by atoms with Gasteiger partial charge in [-0.25, -0.2) is 0 Å². The summed E-state index contributed by atoms with van der Waals surface area (Å²) in [7, 11) is 0. The molecule has 0 spiro atoms. The summed E-state index contributed by atoms with van der Waals surface area (Å²) in [5, 5.41) is 7.18. The molecule has 1 aromatic heterocycles. The van der Waals surface area contributed by atoms with E-state index in [4.69, 9.17) is 4.52 Å². The first-order valence-electron chi connectivity index (χ1n) is 4.87. The number of rotatable bonds is 3. The number of nitrogens with one attached hydrogen (secondary N) is 1. The largest absolute Gasteiger partial charge is 0.335 e. The van der Waals surface area contributed by atoms with E-state index in [-0.39, 0.29) is 5.41 Å². The molecule has 1 aromatic rings. The lowest BCUT2D eigenvalue weighted by Gasteiger charge is -1.97. The fraction of sp³-hybridized carbons (Fsp3) is 0.778. The smallest absolute Gasteiger partial charge is 0.321 e. The molecule has 2 saturated carbocycles. The first kappa shape index (κ1) is 7.35. The van der Waals surface area contributed by atoms with Crippen molar-refractivity contribution >= 4 is 6.01 Å². The molecule has 3 rings (SSSR count). The minimum Gasteiger partial charge on any atom is -0.335 e. The van der Waals surface area contributed by atoms with E-state index in [0.717, 1.165) is 5.82 Å². The summed E-state index contributed by atoms with van der Waals surface area (Å²) in [6.45, 7) is 2.18. The van der Waals surface area contributed by atoms with Gasteiger partial charge in [-0.1, -0.05) is 12.1 Å². The van der Waals surface area contributed by atoms with Gasteiger partial charge in [0.15, 0.2) is 5.82 Å². The molecule has 2 fully saturated rings. The van der Waals surface area contributed by atoms with Crippen LogP contribution in [0, 0.1) is 0 Å². The van der Waals surface area contributed by atoms with Gasteiger partial charge < -0.3 is 9.84 Å². The summed E-state index contributed by atoms with van der Waals surface area (Å²) < 4.78 is 5.11. The third-order valence-electron chi connectivity index (χ3n) is 2.87. The molecule has 0 unspecified atom stereocenters. The Morgan fingerprint density at radius 2 is 2.23 bits per heavy atom. The lowest BCUT2D eigenvalue weighted by molar-refractivity contribution is 0.415. The van der Waals surface area contributed by atoms with Crippen LogP contribution >= 0.6 is 0 Å². The van der Waals surface area contributed by atoms with E-state index >= 15 is 0 Å². The molecule has 4 heteroatoms. The van der Waals surface area contributed by atoms with Crippen LogP contribution in [0.5, 0.6) is 0 Å². The average molecular weight is 179 g/mol. The third kappa shape index (κ3) is 1.30. The highest BCUT2D eigenvalue weighted by molar-refractivity contribution is 5.26. The van der Waals surface area contributed by atoms with Gasteiger partial charge in [-0.3, -0.25) is 0 Å². The van der Waals surface area contributed by atoms with E-state index in [1.165, 1.54) is 25.7 Å². The first-order valence-corrected chi connectivity index (χ1v) is 4.87. The lowest BCUT2D eigenvalue weighted by Crippen LogP contribution is -2.04.